The fraction of sp³-hybridized carbons (Fsp3) is 0.273. The number of fused-ring (bicyclic) bond motifs is 2. The fourth-order valence-electron chi connectivity index (χ4n) is 3.50. The van der Waals surface area contributed by atoms with E-state index in [2.05, 4.69) is 42.7 Å². The van der Waals surface area contributed by atoms with Crippen LogP contribution >= 0.6 is 0 Å². The van der Waals surface area contributed by atoms with Crippen molar-refractivity contribution in [3.8, 4) is 0 Å². The minimum Gasteiger partial charge on any atom is -0.453 e. The van der Waals surface area contributed by atoms with Gasteiger partial charge >= 0.3 is 0 Å². The van der Waals surface area contributed by atoms with Gasteiger partial charge in [0.1, 0.15) is 11.5 Å². The molecule has 0 bridgehead atoms. The molecule has 0 atom stereocenters. The van der Waals surface area contributed by atoms with Gasteiger partial charge in [-0.15, -0.1) is 0 Å². The molecule has 0 N–H and O–H groups in total. The van der Waals surface area contributed by atoms with E-state index in [1.165, 1.54) is 0 Å². The fourth-order valence-corrected chi connectivity index (χ4v) is 3.50. The predicted molar refractivity (Wildman–Crippen MR) is 110 cm³/mol. The summed E-state index contributed by atoms with van der Waals surface area (Å²) in [6, 6.07) is 4.06. The van der Waals surface area contributed by atoms with Crippen LogP contribution in [0.3, 0.4) is 0 Å². The molecule has 0 amide bonds. The molecule has 0 unspecified atom stereocenters. The molecule has 0 saturated carbocycles. The van der Waals surface area contributed by atoms with Crippen LogP contribution < -0.4 is 0 Å². The van der Waals surface area contributed by atoms with Crippen molar-refractivity contribution in [1.29, 1.82) is 0 Å². The lowest BCUT2D eigenvalue weighted by Crippen LogP contribution is -2.30. The SMILES string of the molecule is C=C1C=C(c2cc3cc(C)nc(C)c3o2)N=C2C=CC(N(C)CCC)=CN12. The summed E-state index contributed by atoms with van der Waals surface area (Å²) in [4.78, 5) is 13.5. The summed E-state index contributed by atoms with van der Waals surface area (Å²) in [5.74, 6) is 1.58. The van der Waals surface area contributed by atoms with Gasteiger partial charge in [0.05, 0.1) is 11.4 Å². The standard InChI is InChI=1S/C22H24N4O/c1-6-9-25(5)18-7-8-21-24-19(11-15(3)26(21)13-18)20-12-17-10-14(2)23-16(4)22(17)27-20/h7-8,10-13H,3,6,9H2,1-2,4-5H3. The molecule has 0 spiro atoms. The maximum absolute atomic E-state index is 6.07. The zero-order valence-electron chi connectivity index (χ0n) is 16.3. The highest BCUT2D eigenvalue weighted by Crippen LogP contribution is 2.32. The van der Waals surface area contributed by atoms with Crippen LogP contribution in [0.1, 0.15) is 30.5 Å². The average Bonchev–Trinajstić information content (AvgIpc) is 3.06. The van der Waals surface area contributed by atoms with Crippen LogP contribution in [0, 0.1) is 13.8 Å². The van der Waals surface area contributed by atoms with E-state index in [1.807, 2.05) is 43.0 Å². The number of amidine groups is 1. The number of likely N-dealkylation sites (N-methyl/N-ethyl adjacent to an activating group) is 1. The molecule has 4 rings (SSSR count). The molecule has 0 fully saturated rings. The van der Waals surface area contributed by atoms with E-state index in [-0.39, 0.29) is 0 Å². The number of furan rings is 1. The van der Waals surface area contributed by atoms with E-state index >= 15 is 0 Å². The Hall–Kier alpha value is -3.08. The van der Waals surface area contributed by atoms with Gasteiger partial charge in [-0.25, -0.2) is 4.99 Å². The smallest absolute Gasteiger partial charge is 0.156 e. The highest BCUT2D eigenvalue weighted by molar-refractivity contribution is 6.02. The molecule has 2 aromatic heterocycles. The number of rotatable bonds is 4. The van der Waals surface area contributed by atoms with Crippen molar-refractivity contribution < 1.29 is 4.42 Å². The molecular formula is C22H24N4O. The molecule has 4 heterocycles. The monoisotopic (exact) mass is 360 g/mol. The summed E-state index contributed by atoms with van der Waals surface area (Å²) < 4.78 is 6.07. The van der Waals surface area contributed by atoms with Crippen molar-refractivity contribution >= 4 is 22.5 Å². The zero-order chi connectivity index (χ0) is 19.1. The van der Waals surface area contributed by atoms with Crippen molar-refractivity contribution in [2.75, 3.05) is 13.6 Å². The Balaban J connectivity index is 1.68. The molecule has 2 aliphatic heterocycles. The molecule has 5 heteroatoms. The second kappa shape index (κ2) is 6.58. The van der Waals surface area contributed by atoms with Crippen LogP contribution in [0.2, 0.25) is 0 Å². The Labute approximate surface area is 159 Å². The van der Waals surface area contributed by atoms with Crippen LogP contribution in [-0.4, -0.2) is 34.2 Å². The summed E-state index contributed by atoms with van der Waals surface area (Å²) in [5, 5.41) is 1.05. The van der Waals surface area contributed by atoms with Crippen LogP contribution in [-0.2, 0) is 0 Å². The van der Waals surface area contributed by atoms with E-state index in [4.69, 9.17) is 9.41 Å². The van der Waals surface area contributed by atoms with Gasteiger partial charge in [0.2, 0.25) is 0 Å². The molecule has 0 aromatic carbocycles. The van der Waals surface area contributed by atoms with Crippen molar-refractivity contribution in [2.24, 2.45) is 4.99 Å². The van der Waals surface area contributed by atoms with E-state index in [0.29, 0.717) is 0 Å². The van der Waals surface area contributed by atoms with E-state index in [0.717, 1.165) is 64.0 Å². The topological polar surface area (TPSA) is 44.9 Å². The molecule has 2 aromatic rings. The first-order valence-corrected chi connectivity index (χ1v) is 9.24. The van der Waals surface area contributed by atoms with E-state index in [9.17, 15) is 0 Å². The first kappa shape index (κ1) is 17.3. The second-order valence-corrected chi connectivity index (χ2v) is 7.05. The highest BCUT2D eigenvalue weighted by atomic mass is 16.3. The average molecular weight is 360 g/mol. The molecule has 0 aliphatic carbocycles. The Bertz CT molecular complexity index is 1050. The minimum absolute atomic E-state index is 0.736. The number of aromatic nitrogens is 1. The molecule has 0 radical (unpaired) electrons. The summed E-state index contributed by atoms with van der Waals surface area (Å²) >= 11 is 0. The first-order valence-electron chi connectivity index (χ1n) is 9.24. The Kier molecular flexibility index (Phi) is 4.22. The third-order valence-corrected chi connectivity index (χ3v) is 4.81. The lowest BCUT2D eigenvalue weighted by atomic mass is 10.1. The first-order chi connectivity index (χ1) is 13.0. The number of allylic oxidation sites excluding steroid dienone is 2. The summed E-state index contributed by atoms with van der Waals surface area (Å²) in [5.41, 5.74) is 5.49. The van der Waals surface area contributed by atoms with Gasteiger partial charge in [0.25, 0.3) is 0 Å². The van der Waals surface area contributed by atoms with Gasteiger partial charge < -0.3 is 14.2 Å². The maximum Gasteiger partial charge on any atom is 0.156 e. The summed E-state index contributed by atoms with van der Waals surface area (Å²) in [6.45, 7) is 11.4. The molecule has 138 valence electrons. The van der Waals surface area contributed by atoms with Gasteiger partial charge in [0.15, 0.2) is 11.3 Å². The molecule has 2 aliphatic rings. The third-order valence-electron chi connectivity index (χ3n) is 4.81. The molecule has 0 saturated heterocycles. The predicted octanol–water partition coefficient (Wildman–Crippen LogP) is 4.77. The molecule has 5 nitrogen and oxygen atoms in total. The van der Waals surface area contributed by atoms with E-state index in [1.54, 1.807) is 0 Å². The van der Waals surface area contributed by atoms with Crippen LogP contribution in [0.15, 0.2) is 63.9 Å². The van der Waals surface area contributed by atoms with Crippen molar-refractivity contribution in [2.45, 2.75) is 27.2 Å². The lowest BCUT2D eigenvalue weighted by molar-refractivity contribution is 0.420. The quantitative estimate of drug-likeness (QED) is 0.788. The number of nitrogens with zero attached hydrogens (tertiary/aromatic N) is 4. The highest BCUT2D eigenvalue weighted by Gasteiger charge is 2.22. The number of aryl methyl sites for hydroxylation is 2. The van der Waals surface area contributed by atoms with Crippen molar-refractivity contribution in [1.82, 2.24) is 14.8 Å². The summed E-state index contributed by atoms with van der Waals surface area (Å²) in [7, 11) is 2.10. The van der Waals surface area contributed by atoms with Gasteiger partial charge in [-0.2, -0.15) is 0 Å². The number of pyridine rings is 1. The van der Waals surface area contributed by atoms with Crippen LogP contribution in [0.5, 0.6) is 0 Å². The Morgan fingerprint density at radius 1 is 1.22 bits per heavy atom. The zero-order valence-corrected chi connectivity index (χ0v) is 16.3. The number of hydrogen-bond acceptors (Lipinski definition) is 5. The molecule has 27 heavy (non-hydrogen) atoms. The normalized spacial score (nSPS) is 16.2. The van der Waals surface area contributed by atoms with Gasteiger partial charge in [-0.1, -0.05) is 13.5 Å². The number of hydrogen-bond donors (Lipinski definition) is 0. The summed E-state index contributed by atoms with van der Waals surface area (Å²) in [6.07, 6.45) is 9.27. The Morgan fingerprint density at radius 3 is 2.81 bits per heavy atom. The molecular weight excluding hydrogens is 336 g/mol. The van der Waals surface area contributed by atoms with Gasteiger partial charge in [0, 0.05) is 36.6 Å². The van der Waals surface area contributed by atoms with E-state index < -0.39 is 0 Å². The van der Waals surface area contributed by atoms with Gasteiger partial charge in [-0.05, 0) is 50.6 Å². The Morgan fingerprint density at radius 2 is 2.04 bits per heavy atom. The largest absolute Gasteiger partial charge is 0.453 e. The second-order valence-electron chi connectivity index (χ2n) is 7.05. The third kappa shape index (κ3) is 3.10. The van der Waals surface area contributed by atoms with Gasteiger partial charge in [-0.3, -0.25) is 4.98 Å². The van der Waals surface area contributed by atoms with Crippen molar-refractivity contribution in [3.05, 3.63) is 71.7 Å². The van der Waals surface area contributed by atoms with Crippen LogP contribution in [0.4, 0.5) is 0 Å². The minimum atomic E-state index is 0.736. The maximum atomic E-state index is 6.07. The van der Waals surface area contributed by atoms with Crippen molar-refractivity contribution in [3.63, 3.8) is 0 Å². The number of aliphatic imine (C=N–C) groups is 1. The lowest BCUT2D eigenvalue weighted by Gasteiger charge is -2.31. The van der Waals surface area contributed by atoms with Crippen LogP contribution in [0.25, 0.3) is 16.7 Å².